The van der Waals surface area contributed by atoms with E-state index in [9.17, 15) is 30.0 Å². The normalized spacial score (nSPS) is 14.5. The molecule has 88 valence electrons. The van der Waals surface area contributed by atoms with Gasteiger partial charge in [0.25, 0.3) is 0 Å². The molecule has 1 aliphatic rings. The number of ketones is 2. The Morgan fingerprint density at radius 3 is 1.82 bits per heavy atom. The highest BCUT2D eigenvalue weighted by molar-refractivity contribution is 6.49. The fourth-order valence-electron chi connectivity index (χ4n) is 1.53. The SMILES string of the molecule is O=C1C=C(Cl)C(=O)c2c(O)c(O)c(O)c(O)c21. The van der Waals surface area contributed by atoms with Crippen LogP contribution in [0.5, 0.6) is 23.0 Å². The van der Waals surface area contributed by atoms with Crippen LogP contribution in [-0.2, 0) is 0 Å². The number of aromatic hydroxyl groups is 4. The molecule has 6 nitrogen and oxygen atoms in total. The monoisotopic (exact) mass is 256 g/mol. The molecule has 0 bridgehead atoms. The maximum absolute atomic E-state index is 11.6. The van der Waals surface area contributed by atoms with Crippen molar-refractivity contribution in [3.8, 4) is 23.0 Å². The number of halogens is 1. The molecule has 0 saturated carbocycles. The number of hydrogen-bond donors (Lipinski definition) is 4. The van der Waals surface area contributed by atoms with Crippen LogP contribution in [0.4, 0.5) is 0 Å². The molecule has 0 aliphatic heterocycles. The molecule has 0 fully saturated rings. The average Bonchev–Trinajstić information content (AvgIpc) is 2.28. The first kappa shape index (κ1) is 11.3. The third kappa shape index (κ3) is 1.34. The first-order valence-electron chi connectivity index (χ1n) is 4.32. The molecule has 1 aliphatic carbocycles. The molecule has 0 atom stereocenters. The van der Waals surface area contributed by atoms with E-state index in [1.54, 1.807) is 0 Å². The molecule has 4 N–H and O–H groups in total. The van der Waals surface area contributed by atoms with Crippen LogP contribution >= 0.6 is 11.6 Å². The van der Waals surface area contributed by atoms with Gasteiger partial charge in [0.1, 0.15) is 0 Å². The molecule has 0 aromatic heterocycles. The number of carbonyl (C=O) groups is 2. The Morgan fingerprint density at radius 1 is 0.824 bits per heavy atom. The third-order valence-corrected chi connectivity index (χ3v) is 2.63. The maximum atomic E-state index is 11.6. The lowest BCUT2D eigenvalue weighted by molar-refractivity contribution is 0.0984. The summed E-state index contributed by atoms with van der Waals surface area (Å²) in [6.45, 7) is 0. The van der Waals surface area contributed by atoms with Gasteiger partial charge in [0.2, 0.25) is 17.3 Å². The van der Waals surface area contributed by atoms with E-state index in [-0.39, 0.29) is 0 Å². The summed E-state index contributed by atoms with van der Waals surface area (Å²) in [5.41, 5.74) is -1.22. The lowest BCUT2D eigenvalue weighted by atomic mass is 9.92. The van der Waals surface area contributed by atoms with Crippen molar-refractivity contribution in [2.45, 2.75) is 0 Å². The number of phenolic OH excluding ortho intramolecular Hbond substituents is 4. The van der Waals surface area contributed by atoms with Crippen molar-refractivity contribution in [2.75, 3.05) is 0 Å². The fourth-order valence-corrected chi connectivity index (χ4v) is 1.72. The van der Waals surface area contributed by atoms with Gasteiger partial charge in [-0.3, -0.25) is 9.59 Å². The molecule has 0 radical (unpaired) electrons. The number of carbonyl (C=O) groups excluding carboxylic acids is 2. The van der Waals surface area contributed by atoms with Crippen LogP contribution in [0.3, 0.4) is 0 Å². The average molecular weight is 257 g/mol. The molecule has 1 aromatic carbocycles. The van der Waals surface area contributed by atoms with E-state index in [2.05, 4.69) is 0 Å². The summed E-state index contributed by atoms with van der Waals surface area (Å²) in [6, 6.07) is 0. The Kier molecular flexibility index (Phi) is 2.25. The minimum Gasteiger partial charge on any atom is -0.504 e. The Hall–Kier alpha value is -2.21. The Balaban J connectivity index is 2.93. The van der Waals surface area contributed by atoms with Gasteiger partial charge in [-0.25, -0.2) is 0 Å². The van der Waals surface area contributed by atoms with E-state index in [0.717, 1.165) is 6.08 Å². The Labute approximate surface area is 99.0 Å². The van der Waals surface area contributed by atoms with E-state index >= 15 is 0 Å². The van der Waals surface area contributed by atoms with Crippen molar-refractivity contribution in [1.82, 2.24) is 0 Å². The van der Waals surface area contributed by atoms with Crippen molar-refractivity contribution >= 4 is 23.2 Å². The molecule has 1 aromatic rings. The lowest BCUT2D eigenvalue weighted by Crippen LogP contribution is -2.15. The summed E-state index contributed by atoms with van der Waals surface area (Å²) in [7, 11) is 0. The van der Waals surface area contributed by atoms with Gasteiger partial charge in [0.05, 0.1) is 16.2 Å². The number of fused-ring (bicyclic) bond motifs is 1. The number of allylic oxidation sites excluding steroid dienone is 2. The number of benzene rings is 1. The standard InChI is InChI=1S/C10H5ClO6/c11-2-1-3(12)4-5(6(2)13)8(15)10(17)9(16)7(4)14/h1,14-17H. The molecule has 0 amide bonds. The molecule has 2 rings (SSSR count). The highest BCUT2D eigenvalue weighted by atomic mass is 35.5. The first-order valence-corrected chi connectivity index (χ1v) is 4.70. The molecule has 7 heteroatoms. The lowest BCUT2D eigenvalue weighted by Gasteiger charge is -2.16. The van der Waals surface area contributed by atoms with E-state index in [1.165, 1.54) is 0 Å². The highest BCUT2D eigenvalue weighted by Gasteiger charge is 2.34. The van der Waals surface area contributed by atoms with Gasteiger partial charge in [-0.15, -0.1) is 0 Å². The fraction of sp³-hybridized carbons (Fsp3) is 0. The molecule has 0 unspecified atom stereocenters. The van der Waals surface area contributed by atoms with Crippen LogP contribution in [0.2, 0.25) is 0 Å². The number of phenols is 4. The quantitative estimate of drug-likeness (QED) is 0.407. The van der Waals surface area contributed by atoms with Crippen molar-refractivity contribution < 1.29 is 30.0 Å². The van der Waals surface area contributed by atoms with Crippen LogP contribution in [0.1, 0.15) is 20.7 Å². The molecule has 0 heterocycles. The Morgan fingerprint density at radius 2 is 1.29 bits per heavy atom. The minimum atomic E-state index is -1.09. The highest BCUT2D eigenvalue weighted by Crippen LogP contribution is 2.49. The van der Waals surface area contributed by atoms with Crippen molar-refractivity contribution in [3.63, 3.8) is 0 Å². The molecular formula is C10H5ClO6. The van der Waals surface area contributed by atoms with Crippen LogP contribution in [0, 0.1) is 0 Å². The van der Waals surface area contributed by atoms with Crippen molar-refractivity contribution in [3.05, 3.63) is 22.2 Å². The molecule has 0 saturated heterocycles. The Bertz CT molecular complexity index is 602. The minimum absolute atomic E-state index is 0.456. The van der Waals surface area contributed by atoms with E-state index in [4.69, 9.17) is 11.6 Å². The van der Waals surface area contributed by atoms with E-state index in [1.807, 2.05) is 0 Å². The van der Waals surface area contributed by atoms with Crippen LogP contribution in [0.15, 0.2) is 11.1 Å². The zero-order valence-corrected chi connectivity index (χ0v) is 8.82. The van der Waals surface area contributed by atoms with Gasteiger partial charge in [0.15, 0.2) is 17.3 Å². The van der Waals surface area contributed by atoms with E-state index < -0.39 is 50.7 Å². The summed E-state index contributed by atoms with van der Waals surface area (Å²) < 4.78 is 0. The topological polar surface area (TPSA) is 115 Å². The van der Waals surface area contributed by atoms with Gasteiger partial charge in [-0.2, -0.15) is 0 Å². The predicted octanol–water partition coefficient (Wildman–Crippen LogP) is 1.01. The summed E-state index contributed by atoms with van der Waals surface area (Å²) in [4.78, 5) is 23.1. The largest absolute Gasteiger partial charge is 0.504 e. The summed E-state index contributed by atoms with van der Waals surface area (Å²) in [5.74, 6) is -5.92. The zero-order chi connectivity index (χ0) is 12.9. The molecule has 0 spiro atoms. The van der Waals surface area contributed by atoms with Crippen LogP contribution in [0.25, 0.3) is 0 Å². The zero-order valence-electron chi connectivity index (χ0n) is 8.06. The number of rotatable bonds is 0. The number of Topliss-reactive ketones (excluding diaryl/α,β-unsaturated/α-hetero) is 1. The van der Waals surface area contributed by atoms with Gasteiger partial charge >= 0.3 is 0 Å². The number of hydrogen-bond acceptors (Lipinski definition) is 6. The summed E-state index contributed by atoms with van der Waals surface area (Å²) >= 11 is 5.46. The van der Waals surface area contributed by atoms with Crippen molar-refractivity contribution in [1.29, 1.82) is 0 Å². The first-order chi connectivity index (χ1) is 7.86. The van der Waals surface area contributed by atoms with Crippen LogP contribution < -0.4 is 0 Å². The van der Waals surface area contributed by atoms with Gasteiger partial charge in [-0.05, 0) is 0 Å². The third-order valence-electron chi connectivity index (χ3n) is 2.34. The van der Waals surface area contributed by atoms with E-state index in [0.29, 0.717) is 0 Å². The summed E-state index contributed by atoms with van der Waals surface area (Å²) in [6.07, 6.45) is 0.752. The van der Waals surface area contributed by atoms with Gasteiger partial charge < -0.3 is 20.4 Å². The smallest absolute Gasteiger partial charge is 0.209 e. The van der Waals surface area contributed by atoms with Crippen molar-refractivity contribution in [2.24, 2.45) is 0 Å². The predicted molar refractivity (Wildman–Crippen MR) is 55.7 cm³/mol. The van der Waals surface area contributed by atoms with Gasteiger partial charge in [0, 0.05) is 6.08 Å². The molecular weight excluding hydrogens is 252 g/mol. The second-order valence-electron chi connectivity index (χ2n) is 3.33. The second kappa shape index (κ2) is 3.39. The van der Waals surface area contributed by atoms with Gasteiger partial charge in [-0.1, -0.05) is 11.6 Å². The second-order valence-corrected chi connectivity index (χ2v) is 3.74. The maximum Gasteiger partial charge on any atom is 0.209 e. The molecule has 17 heavy (non-hydrogen) atoms. The van der Waals surface area contributed by atoms with Crippen LogP contribution in [-0.4, -0.2) is 32.0 Å². The summed E-state index contributed by atoms with van der Waals surface area (Å²) in [5, 5.41) is 37.0.